The van der Waals surface area contributed by atoms with E-state index in [0.717, 1.165) is 0 Å². The van der Waals surface area contributed by atoms with Crippen LogP contribution in [0, 0.1) is 5.92 Å². The highest BCUT2D eigenvalue weighted by molar-refractivity contribution is 7.90. The van der Waals surface area contributed by atoms with Crippen LogP contribution in [0.3, 0.4) is 0 Å². The molecule has 0 aliphatic carbocycles. The molecule has 3 amide bonds. The van der Waals surface area contributed by atoms with E-state index < -0.39 is 21.8 Å². The molecule has 8 heteroatoms. The minimum Gasteiger partial charge on any atom is -0.326 e. The lowest BCUT2D eigenvalue weighted by Crippen LogP contribution is -2.35. The number of nitrogens with zero attached hydrogens (tertiary/aromatic N) is 1. The van der Waals surface area contributed by atoms with Crippen LogP contribution in [0.2, 0.25) is 0 Å². The molecule has 22 heavy (non-hydrogen) atoms. The van der Waals surface area contributed by atoms with Gasteiger partial charge in [-0.15, -0.1) is 0 Å². The predicted octanol–water partition coefficient (Wildman–Crippen LogP) is 1.12. The zero-order chi connectivity index (χ0) is 16.5. The smallest absolute Gasteiger partial charge is 0.273 e. The summed E-state index contributed by atoms with van der Waals surface area (Å²) in [6.45, 7) is 3.47. The van der Waals surface area contributed by atoms with Gasteiger partial charge in [-0.1, -0.05) is 13.8 Å². The van der Waals surface area contributed by atoms with E-state index >= 15 is 0 Å². The molecule has 1 aliphatic rings. The molecule has 118 valence electrons. The van der Waals surface area contributed by atoms with Gasteiger partial charge in [0.1, 0.15) is 0 Å². The first-order chi connectivity index (χ1) is 10.2. The Morgan fingerprint density at radius 2 is 1.59 bits per heavy atom. The van der Waals surface area contributed by atoms with E-state index in [1.54, 1.807) is 13.8 Å². The molecule has 0 radical (unpaired) electrons. The molecule has 2 rings (SSSR count). The number of imide groups is 1. The van der Waals surface area contributed by atoms with Crippen LogP contribution in [-0.4, -0.2) is 30.4 Å². The molecule has 7 nitrogen and oxygen atoms in total. The van der Waals surface area contributed by atoms with Gasteiger partial charge in [0.25, 0.3) is 10.0 Å². The predicted molar refractivity (Wildman–Crippen MR) is 78.2 cm³/mol. The maximum Gasteiger partial charge on any atom is 0.273 e. The van der Waals surface area contributed by atoms with E-state index in [1.807, 2.05) is 0 Å². The molecule has 0 bridgehead atoms. The van der Waals surface area contributed by atoms with Gasteiger partial charge in [-0.2, -0.15) is 4.31 Å². The van der Waals surface area contributed by atoms with Crippen molar-refractivity contribution in [3.05, 3.63) is 24.3 Å². The van der Waals surface area contributed by atoms with Crippen LogP contribution in [0.5, 0.6) is 0 Å². The summed E-state index contributed by atoms with van der Waals surface area (Å²) in [6, 6.07) is 5.34. The minimum atomic E-state index is -4.18. The molecular weight excluding hydrogens is 308 g/mol. The highest BCUT2D eigenvalue weighted by Gasteiger charge is 2.39. The second kappa shape index (κ2) is 5.88. The summed E-state index contributed by atoms with van der Waals surface area (Å²) >= 11 is 0. The summed E-state index contributed by atoms with van der Waals surface area (Å²) in [5.41, 5.74) is 0.441. The summed E-state index contributed by atoms with van der Waals surface area (Å²) in [6.07, 6.45) is -0.193. The van der Waals surface area contributed by atoms with Crippen molar-refractivity contribution in [1.29, 1.82) is 0 Å². The number of hydrogen-bond donors (Lipinski definition) is 1. The number of amides is 3. The Labute approximate surface area is 128 Å². The lowest BCUT2D eigenvalue weighted by atomic mass is 10.2. The van der Waals surface area contributed by atoms with Crippen LogP contribution in [-0.2, 0) is 24.4 Å². The van der Waals surface area contributed by atoms with Crippen molar-refractivity contribution in [3.63, 3.8) is 0 Å². The number of nitrogens with one attached hydrogen (secondary N) is 1. The van der Waals surface area contributed by atoms with E-state index in [-0.39, 0.29) is 29.6 Å². The fraction of sp³-hybridized carbons (Fsp3) is 0.357. The third-order valence-corrected chi connectivity index (χ3v) is 4.95. The van der Waals surface area contributed by atoms with Gasteiger partial charge in [-0.3, -0.25) is 14.4 Å². The maximum atomic E-state index is 12.3. The Kier molecular flexibility index (Phi) is 4.32. The van der Waals surface area contributed by atoms with Crippen LogP contribution in [0.15, 0.2) is 29.2 Å². The molecule has 0 atom stereocenters. The topological polar surface area (TPSA) is 101 Å². The Morgan fingerprint density at radius 1 is 1.09 bits per heavy atom. The van der Waals surface area contributed by atoms with Crippen molar-refractivity contribution < 1.29 is 22.8 Å². The summed E-state index contributed by atoms with van der Waals surface area (Å²) in [7, 11) is -4.18. The average Bonchev–Trinajstić information content (AvgIpc) is 2.79. The number of hydrogen-bond acceptors (Lipinski definition) is 5. The average molecular weight is 324 g/mol. The highest BCUT2D eigenvalue weighted by Crippen LogP contribution is 2.24. The molecule has 1 N–H and O–H groups in total. The number of benzene rings is 1. The molecule has 0 saturated carbocycles. The monoisotopic (exact) mass is 324 g/mol. The quantitative estimate of drug-likeness (QED) is 0.836. The minimum absolute atomic E-state index is 0.0966. The van der Waals surface area contributed by atoms with Gasteiger partial charge in [0.15, 0.2) is 0 Å². The van der Waals surface area contributed by atoms with Gasteiger partial charge in [0.2, 0.25) is 17.7 Å². The van der Waals surface area contributed by atoms with Gasteiger partial charge in [0, 0.05) is 24.4 Å². The van der Waals surface area contributed by atoms with E-state index in [0.29, 0.717) is 9.99 Å². The number of rotatable bonds is 4. The molecule has 0 unspecified atom stereocenters. The molecule has 1 aromatic rings. The van der Waals surface area contributed by atoms with Crippen molar-refractivity contribution in [3.8, 4) is 0 Å². The zero-order valence-electron chi connectivity index (χ0n) is 12.2. The molecule has 0 aromatic heterocycles. The first kappa shape index (κ1) is 16.2. The standard InChI is InChI=1S/C14H16N2O5S/c1-9(2)14(19)15-10-3-5-11(6-4-10)22(20,21)16-12(17)7-8-13(16)18/h3-6,9H,7-8H2,1-2H3,(H,15,19). The van der Waals surface area contributed by atoms with Crippen molar-refractivity contribution >= 4 is 33.4 Å². The third kappa shape index (κ3) is 3.01. The molecule has 1 aliphatic heterocycles. The molecule has 0 spiro atoms. The normalized spacial score (nSPS) is 15.5. The second-order valence-electron chi connectivity index (χ2n) is 5.23. The maximum absolute atomic E-state index is 12.3. The molecule has 1 aromatic carbocycles. The van der Waals surface area contributed by atoms with Gasteiger partial charge in [0.05, 0.1) is 4.90 Å². The first-order valence-corrected chi connectivity index (χ1v) is 8.19. The van der Waals surface area contributed by atoms with Gasteiger partial charge in [-0.05, 0) is 24.3 Å². The number of sulfonamides is 1. The Morgan fingerprint density at radius 3 is 2.05 bits per heavy atom. The van der Waals surface area contributed by atoms with E-state index in [4.69, 9.17) is 0 Å². The van der Waals surface area contributed by atoms with Crippen LogP contribution in [0.1, 0.15) is 26.7 Å². The van der Waals surface area contributed by atoms with E-state index in [9.17, 15) is 22.8 Å². The van der Waals surface area contributed by atoms with Crippen LogP contribution in [0.4, 0.5) is 5.69 Å². The summed E-state index contributed by atoms with van der Waals surface area (Å²) in [4.78, 5) is 34.5. The number of carbonyl (C=O) groups excluding carboxylic acids is 3. The van der Waals surface area contributed by atoms with Crippen LogP contribution >= 0.6 is 0 Å². The largest absolute Gasteiger partial charge is 0.326 e. The SMILES string of the molecule is CC(C)C(=O)Nc1ccc(S(=O)(=O)N2C(=O)CCC2=O)cc1. The highest BCUT2D eigenvalue weighted by atomic mass is 32.2. The van der Waals surface area contributed by atoms with Gasteiger partial charge in [-0.25, -0.2) is 8.42 Å². The summed E-state index contributed by atoms with van der Waals surface area (Å²) in [5, 5.41) is 2.63. The molecule has 1 heterocycles. The van der Waals surface area contributed by atoms with Gasteiger partial charge < -0.3 is 5.32 Å². The summed E-state index contributed by atoms with van der Waals surface area (Å²) < 4.78 is 24.9. The fourth-order valence-corrected chi connectivity index (χ4v) is 3.34. The Bertz CT molecular complexity index is 706. The molecule has 1 saturated heterocycles. The van der Waals surface area contributed by atoms with Crippen LogP contribution in [0.25, 0.3) is 0 Å². The van der Waals surface area contributed by atoms with Crippen molar-refractivity contribution in [2.75, 3.05) is 5.32 Å². The summed E-state index contributed by atoms with van der Waals surface area (Å²) in [5.74, 6) is -1.84. The number of carbonyl (C=O) groups is 3. The van der Waals surface area contributed by atoms with Crippen molar-refractivity contribution in [2.45, 2.75) is 31.6 Å². The van der Waals surface area contributed by atoms with Crippen molar-refractivity contribution in [1.82, 2.24) is 4.31 Å². The van der Waals surface area contributed by atoms with E-state index in [1.165, 1.54) is 24.3 Å². The first-order valence-electron chi connectivity index (χ1n) is 6.75. The number of anilines is 1. The third-order valence-electron chi connectivity index (χ3n) is 3.19. The van der Waals surface area contributed by atoms with Gasteiger partial charge >= 0.3 is 0 Å². The Balaban J connectivity index is 2.25. The zero-order valence-corrected chi connectivity index (χ0v) is 13.0. The molecular formula is C14H16N2O5S. The Hall–Kier alpha value is -2.22. The van der Waals surface area contributed by atoms with Crippen LogP contribution < -0.4 is 5.32 Å². The lowest BCUT2D eigenvalue weighted by molar-refractivity contribution is -0.132. The molecule has 1 fully saturated rings. The fourth-order valence-electron chi connectivity index (χ4n) is 1.93. The van der Waals surface area contributed by atoms with Crippen molar-refractivity contribution in [2.24, 2.45) is 5.92 Å². The van der Waals surface area contributed by atoms with E-state index in [2.05, 4.69) is 5.32 Å². The lowest BCUT2D eigenvalue weighted by Gasteiger charge is -2.15. The second-order valence-corrected chi connectivity index (χ2v) is 7.01.